The normalized spacial score (nSPS) is 12.4. The summed E-state index contributed by atoms with van der Waals surface area (Å²) in [5.41, 5.74) is 5.70. The van der Waals surface area contributed by atoms with Crippen LogP contribution in [0.3, 0.4) is 0 Å². The molecule has 0 radical (unpaired) electrons. The number of halogens is 1. The molecule has 5 nitrogen and oxygen atoms in total. The van der Waals surface area contributed by atoms with Crippen molar-refractivity contribution in [1.29, 1.82) is 0 Å². The number of rotatable bonds is 4. The molecule has 0 unspecified atom stereocenters. The van der Waals surface area contributed by atoms with E-state index in [1.54, 1.807) is 6.20 Å². The maximum Gasteiger partial charge on any atom is 0.216 e. The first-order chi connectivity index (χ1) is 8.29. The Hall–Kier alpha value is -0.790. The van der Waals surface area contributed by atoms with Crippen molar-refractivity contribution < 1.29 is 4.42 Å². The minimum Gasteiger partial charge on any atom is -0.443 e. The third-order valence-corrected chi connectivity index (χ3v) is 2.37. The average molecular weight is 380 g/mol. The summed E-state index contributed by atoms with van der Waals surface area (Å²) in [6.45, 7) is 11.7. The minimum absolute atomic E-state index is 0. The van der Waals surface area contributed by atoms with E-state index in [1.165, 1.54) is 0 Å². The first-order valence-corrected chi connectivity index (χ1v) is 6.28. The average Bonchev–Trinajstić information content (AvgIpc) is 2.71. The first-order valence-electron chi connectivity index (χ1n) is 6.28. The molecule has 1 heterocycles. The Morgan fingerprint density at radius 3 is 2.58 bits per heavy atom. The lowest BCUT2D eigenvalue weighted by Crippen LogP contribution is -2.34. The third-order valence-electron chi connectivity index (χ3n) is 2.37. The van der Waals surface area contributed by atoms with Crippen molar-refractivity contribution in [3.63, 3.8) is 0 Å². The van der Waals surface area contributed by atoms with Gasteiger partial charge >= 0.3 is 0 Å². The van der Waals surface area contributed by atoms with Crippen molar-refractivity contribution in [3.8, 4) is 0 Å². The predicted octanol–water partition coefficient (Wildman–Crippen LogP) is 2.65. The van der Waals surface area contributed by atoms with Crippen LogP contribution in [0.25, 0.3) is 0 Å². The number of nitrogens with one attached hydrogen (secondary N) is 1. The van der Waals surface area contributed by atoms with Crippen molar-refractivity contribution >= 4 is 29.9 Å². The molecule has 1 aromatic heterocycles. The van der Waals surface area contributed by atoms with Crippen LogP contribution in [0.5, 0.6) is 0 Å². The summed E-state index contributed by atoms with van der Waals surface area (Å²) in [5, 5.41) is 3.05. The lowest BCUT2D eigenvalue weighted by Gasteiger charge is -2.12. The molecule has 0 bridgehead atoms. The Morgan fingerprint density at radius 1 is 1.47 bits per heavy atom. The molecule has 0 saturated carbocycles. The summed E-state index contributed by atoms with van der Waals surface area (Å²) in [7, 11) is 0. The maximum absolute atomic E-state index is 5.73. The van der Waals surface area contributed by atoms with Gasteiger partial charge in [-0.05, 0) is 5.92 Å². The van der Waals surface area contributed by atoms with Gasteiger partial charge in [-0.3, -0.25) is 0 Å². The summed E-state index contributed by atoms with van der Waals surface area (Å²) >= 11 is 0. The van der Waals surface area contributed by atoms with Gasteiger partial charge in [-0.25, -0.2) is 9.98 Å². The van der Waals surface area contributed by atoms with E-state index in [0.717, 1.165) is 12.3 Å². The van der Waals surface area contributed by atoms with E-state index < -0.39 is 0 Å². The van der Waals surface area contributed by atoms with Crippen LogP contribution in [-0.2, 0) is 12.0 Å². The smallest absolute Gasteiger partial charge is 0.216 e. The zero-order valence-electron chi connectivity index (χ0n) is 12.4. The van der Waals surface area contributed by atoms with Crippen LogP contribution in [0.15, 0.2) is 15.6 Å². The predicted molar refractivity (Wildman–Crippen MR) is 88.8 cm³/mol. The molecule has 0 atom stereocenters. The second-order valence-corrected chi connectivity index (χ2v) is 5.84. The zero-order chi connectivity index (χ0) is 13.8. The molecule has 0 spiro atoms. The van der Waals surface area contributed by atoms with Gasteiger partial charge in [0.25, 0.3) is 0 Å². The molecule has 0 aliphatic carbocycles. The van der Waals surface area contributed by atoms with Crippen LogP contribution >= 0.6 is 24.0 Å². The summed E-state index contributed by atoms with van der Waals surface area (Å²) in [6, 6.07) is 0. The highest BCUT2D eigenvalue weighted by molar-refractivity contribution is 14.0. The van der Waals surface area contributed by atoms with Gasteiger partial charge in [0.15, 0.2) is 5.96 Å². The molecule has 19 heavy (non-hydrogen) atoms. The number of aromatic nitrogens is 1. The number of nitrogens with zero attached hydrogens (tertiary/aromatic N) is 2. The van der Waals surface area contributed by atoms with Crippen LogP contribution in [0.4, 0.5) is 0 Å². The van der Waals surface area contributed by atoms with Crippen LogP contribution in [0.1, 0.15) is 46.3 Å². The molecule has 110 valence electrons. The van der Waals surface area contributed by atoms with Crippen LogP contribution < -0.4 is 11.1 Å². The molecular weight excluding hydrogens is 355 g/mol. The highest BCUT2D eigenvalue weighted by Crippen LogP contribution is 2.22. The summed E-state index contributed by atoms with van der Waals surface area (Å²) in [6.07, 6.45) is 1.75. The molecule has 0 aliphatic rings. The Labute approximate surface area is 132 Å². The molecule has 0 saturated heterocycles. The summed E-state index contributed by atoms with van der Waals surface area (Å²) < 4.78 is 5.62. The largest absolute Gasteiger partial charge is 0.443 e. The van der Waals surface area contributed by atoms with Crippen molar-refractivity contribution in [1.82, 2.24) is 10.3 Å². The van der Waals surface area contributed by atoms with Gasteiger partial charge in [-0.1, -0.05) is 34.6 Å². The van der Waals surface area contributed by atoms with Gasteiger partial charge in [0.1, 0.15) is 12.3 Å². The number of nitrogens with two attached hydrogens (primary N) is 1. The minimum atomic E-state index is -0.0313. The molecular formula is C13H25IN4O. The fourth-order valence-corrected chi connectivity index (χ4v) is 1.25. The Balaban J connectivity index is 0.00000324. The summed E-state index contributed by atoms with van der Waals surface area (Å²) in [4.78, 5) is 8.38. The highest BCUT2D eigenvalue weighted by atomic mass is 127. The highest BCUT2D eigenvalue weighted by Gasteiger charge is 2.18. The Bertz CT molecular complexity index is 407. The molecule has 1 rings (SSSR count). The number of aliphatic imine (C=N–C) groups is 1. The van der Waals surface area contributed by atoms with E-state index >= 15 is 0 Å². The molecule has 0 aromatic carbocycles. The number of oxazole rings is 1. The second kappa shape index (κ2) is 7.72. The van der Waals surface area contributed by atoms with Gasteiger partial charge in [0.05, 0.1) is 6.20 Å². The van der Waals surface area contributed by atoms with E-state index in [1.807, 2.05) is 0 Å². The molecule has 1 aromatic rings. The number of hydrogen-bond donors (Lipinski definition) is 2. The molecule has 3 N–H and O–H groups in total. The number of guanidine groups is 1. The van der Waals surface area contributed by atoms with E-state index in [0.29, 0.717) is 24.3 Å². The Kier molecular flexibility index (Phi) is 7.39. The lowest BCUT2D eigenvalue weighted by atomic mass is 9.94. The van der Waals surface area contributed by atoms with E-state index in [2.05, 4.69) is 49.9 Å². The third kappa shape index (κ3) is 6.79. The SMILES string of the molecule is CC(C)CNC(N)=NCc1ncc(C(C)(C)C)o1.I. The van der Waals surface area contributed by atoms with E-state index in [9.17, 15) is 0 Å². The van der Waals surface area contributed by atoms with E-state index in [4.69, 9.17) is 10.2 Å². The van der Waals surface area contributed by atoms with Crippen LogP contribution in [0, 0.1) is 5.92 Å². The van der Waals surface area contributed by atoms with Gasteiger partial charge < -0.3 is 15.5 Å². The number of hydrogen-bond acceptors (Lipinski definition) is 3. The van der Waals surface area contributed by atoms with Gasteiger partial charge in [0.2, 0.25) is 5.89 Å². The molecule has 0 aliphatic heterocycles. The standard InChI is InChI=1S/C13H24N4O.HI/c1-9(2)6-16-12(14)17-8-11-15-7-10(18-11)13(3,4)5;/h7,9H,6,8H2,1-5H3,(H3,14,16,17);1H. The quantitative estimate of drug-likeness (QED) is 0.478. The van der Waals surface area contributed by atoms with Gasteiger partial charge in [0, 0.05) is 12.0 Å². The van der Waals surface area contributed by atoms with Gasteiger partial charge in [-0.2, -0.15) is 0 Å². The van der Waals surface area contributed by atoms with Crippen molar-refractivity contribution in [2.24, 2.45) is 16.6 Å². The Morgan fingerprint density at radius 2 is 2.11 bits per heavy atom. The fraction of sp³-hybridized carbons (Fsp3) is 0.692. The zero-order valence-corrected chi connectivity index (χ0v) is 14.7. The second-order valence-electron chi connectivity index (χ2n) is 5.84. The monoisotopic (exact) mass is 380 g/mol. The molecule has 0 fully saturated rings. The lowest BCUT2D eigenvalue weighted by molar-refractivity contribution is 0.383. The fourth-order valence-electron chi connectivity index (χ4n) is 1.25. The van der Waals surface area contributed by atoms with E-state index in [-0.39, 0.29) is 29.4 Å². The first kappa shape index (κ1) is 18.2. The summed E-state index contributed by atoms with van der Waals surface area (Å²) in [5.74, 6) is 2.42. The molecule has 0 amide bonds. The van der Waals surface area contributed by atoms with Crippen molar-refractivity contribution in [3.05, 3.63) is 17.8 Å². The topological polar surface area (TPSA) is 76.4 Å². The molecule has 6 heteroatoms. The maximum atomic E-state index is 5.73. The van der Waals surface area contributed by atoms with Gasteiger partial charge in [-0.15, -0.1) is 24.0 Å². The van der Waals surface area contributed by atoms with Crippen molar-refractivity contribution in [2.75, 3.05) is 6.54 Å². The van der Waals surface area contributed by atoms with Crippen molar-refractivity contribution in [2.45, 2.75) is 46.6 Å². The van der Waals surface area contributed by atoms with Crippen LogP contribution in [0.2, 0.25) is 0 Å². The van der Waals surface area contributed by atoms with Crippen LogP contribution in [-0.4, -0.2) is 17.5 Å².